The number of rotatable bonds is 3. The lowest BCUT2D eigenvalue weighted by Gasteiger charge is -2.37. The number of methoxy groups -OCH3 is 1. The molecule has 4 rings (SSSR count). The van der Waals surface area contributed by atoms with E-state index in [-0.39, 0.29) is 6.04 Å². The first-order valence-electron chi connectivity index (χ1n) is 9.68. The number of hydrogen-bond donors (Lipinski definition) is 1. The number of amides is 1. The van der Waals surface area contributed by atoms with Gasteiger partial charge in [0.05, 0.1) is 13.2 Å². The molecule has 1 N–H and O–H groups in total. The lowest BCUT2D eigenvalue weighted by atomic mass is 9.85. The van der Waals surface area contributed by atoms with E-state index in [2.05, 4.69) is 27.2 Å². The summed E-state index contributed by atoms with van der Waals surface area (Å²) in [5, 5.41) is 3.63. The van der Waals surface area contributed by atoms with Crippen LogP contribution in [0.4, 0.5) is 5.69 Å². The number of hydrogen-bond acceptors (Lipinski definition) is 4. The Balaban J connectivity index is 1.33. The Labute approximate surface area is 150 Å². The molecule has 1 saturated carbocycles. The molecule has 5 nitrogen and oxygen atoms in total. The number of carbonyl (C=O) groups excluding carboxylic acids is 1. The van der Waals surface area contributed by atoms with E-state index >= 15 is 0 Å². The van der Waals surface area contributed by atoms with Crippen LogP contribution < -0.4 is 15.0 Å². The summed E-state index contributed by atoms with van der Waals surface area (Å²) in [5.41, 5.74) is 1.18. The Bertz CT molecular complexity index is 599. The van der Waals surface area contributed by atoms with Crippen molar-refractivity contribution in [1.29, 1.82) is 0 Å². The number of fused-ring (bicyclic) bond motifs is 1. The molecule has 3 atom stereocenters. The summed E-state index contributed by atoms with van der Waals surface area (Å²) in [6, 6.07) is 8.81. The summed E-state index contributed by atoms with van der Waals surface area (Å²) in [4.78, 5) is 17.3. The predicted molar refractivity (Wildman–Crippen MR) is 99.1 cm³/mol. The molecule has 25 heavy (non-hydrogen) atoms. The third-order valence-electron chi connectivity index (χ3n) is 6.17. The topological polar surface area (TPSA) is 44.8 Å². The Hall–Kier alpha value is -1.75. The largest absolute Gasteiger partial charge is 0.497 e. The lowest BCUT2D eigenvalue weighted by Crippen LogP contribution is -2.53. The van der Waals surface area contributed by atoms with E-state index in [1.54, 1.807) is 7.11 Å². The molecule has 2 aliphatic heterocycles. The average molecular weight is 343 g/mol. The fraction of sp³-hybridized carbons (Fsp3) is 0.650. The van der Waals surface area contributed by atoms with Crippen LogP contribution in [0.15, 0.2) is 24.3 Å². The first-order chi connectivity index (χ1) is 12.2. The molecule has 2 saturated heterocycles. The highest BCUT2D eigenvalue weighted by Crippen LogP contribution is 2.34. The second kappa shape index (κ2) is 7.24. The number of nitrogens with one attached hydrogen (secondary N) is 1. The molecule has 0 radical (unpaired) electrons. The van der Waals surface area contributed by atoms with Gasteiger partial charge in [0.2, 0.25) is 5.91 Å². The first-order valence-corrected chi connectivity index (χ1v) is 9.68. The third-order valence-corrected chi connectivity index (χ3v) is 6.17. The lowest BCUT2D eigenvalue weighted by molar-refractivity contribution is -0.133. The van der Waals surface area contributed by atoms with Gasteiger partial charge in [-0.1, -0.05) is 18.9 Å². The highest BCUT2D eigenvalue weighted by molar-refractivity contribution is 5.82. The van der Waals surface area contributed by atoms with Gasteiger partial charge in [-0.3, -0.25) is 4.79 Å². The van der Waals surface area contributed by atoms with Gasteiger partial charge in [-0.2, -0.15) is 0 Å². The fourth-order valence-corrected chi connectivity index (χ4v) is 4.72. The highest BCUT2D eigenvalue weighted by atomic mass is 16.5. The monoisotopic (exact) mass is 343 g/mol. The van der Waals surface area contributed by atoms with Crippen molar-refractivity contribution in [2.75, 3.05) is 38.2 Å². The van der Waals surface area contributed by atoms with Crippen LogP contribution >= 0.6 is 0 Å². The van der Waals surface area contributed by atoms with Crippen molar-refractivity contribution in [3.8, 4) is 5.75 Å². The van der Waals surface area contributed by atoms with Gasteiger partial charge in [0.1, 0.15) is 5.75 Å². The van der Waals surface area contributed by atoms with E-state index in [9.17, 15) is 4.79 Å². The molecule has 2 heterocycles. The van der Waals surface area contributed by atoms with E-state index in [0.717, 1.165) is 44.3 Å². The van der Waals surface area contributed by atoms with Crippen molar-refractivity contribution >= 4 is 11.6 Å². The molecular weight excluding hydrogens is 314 g/mol. The van der Waals surface area contributed by atoms with Crippen LogP contribution in [0.5, 0.6) is 5.75 Å². The van der Waals surface area contributed by atoms with Gasteiger partial charge < -0.3 is 19.9 Å². The Morgan fingerprint density at radius 2 is 1.96 bits per heavy atom. The minimum atomic E-state index is 0.0523. The second-order valence-corrected chi connectivity index (χ2v) is 7.62. The van der Waals surface area contributed by atoms with Gasteiger partial charge in [0, 0.05) is 44.0 Å². The number of nitrogens with zero attached hydrogens (tertiary/aromatic N) is 2. The molecule has 3 fully saturated rings. The molecule has 0 spiro atoms. The fourth-order valence-electron chi connectivity index (χ4n) is 4.72. The molecule has 1 amide bonds. The highest BCUT2D eigenvalue weighted by Gasteiger charge is 2.40. The first kappa shape index (κ1) is 16.7. The SMILES string of the molecule is COc1cccc(N2CCN(C(=O)C3CC4CCCCC4N3)CC2)c1. The van der Waals surface area contributed by atoms with E-state index in [0.29, 0.717) is 11.9 Å². The predicted octanol–water partition coefficient (Wildman–Crippen LogP) is 2.26. The number of carbonyl (C=O) groups is 1. The Morgan fingerprint density at radius 3 is 2.72 bits per heavy atom. The zero-order chi connectivity index (χ0) is 17.2. The van der Waals surface area contributed by atoms with Crippen LogP contribution in [-0.4, -0.2) is 56.2 Å². The molecule has 0 bridgehead atoms. The van der Waals surface area contributed by atoms with Crippen molar-refractivity contribution < 1.29 is 9.53 Å². The summed E-state index contributed by atoms with van der Waals surface area (Å²) >= 11 is 0. The number of piperazine rings is 1. The Morgan fingerprint density at radius 1 is 1.16 bits per heavy atom. The molecule has 1 aromatic rings. The number of anilines is 1. The minimum Gasteiger partial charge on any atom is -0.497 e. The number of benzene rings is 1. The molecular formula is C20H29N3O2. The van der Waals surface area contributed by atoms with Crippen molar-refractivity contribution in [1.82, 2.24) is 10.2 Å². The zero-order valence-electron chi connectivity index (χ0n) is 15.1. The van der Waals surface area contributed by atoms with E-state index < -0.39 is 0 Å². The van der Waals surface area contributed by atoms with Gasteiger partial charge >= 0.3 is 0 Å². The minimum absolute atomic E-state index is 0.0523. The summed E-state index contributed by atoms with van der Waals surface area (Å²) in [7, 11) is 1.70. The summed E-state index contributed by atoms with van der Waals surface area (Å²) in [6.07, 6.45) is 6.24. The van der Waals surface area contributed by atoms with Gasteiger partial charge in [0.25, 0.3) is 0 Å². The van der Waals surface area contributed by atoms with E-state index in [1.807, 2.05) is 12.1 Å². The van der Waals surface area contributed by atoms with Crippen molar-refractivity contribution in [2.45, 2.75) is 44.2 Å². The molecule has 0 aromatic heterocycles. The van der Waals surface area contributed by atoms with E-state index in [4.69, 9.17) is 4.74 Å². The zero-order valence-corrected chi connectivity index (χ0v) is 15.1. The second-order valence-electron chi connectivity index (χ2n) is 7.62. The van der Waals surface area contributed by atoms with Gasteiger partial charge in [-0.15, -0.1) is 0 Å². The van der Waals surface area contributed by atoms with Crippen LogP contribution in [0, 0.1) is 5.92 Å². The normalized spacial score (nSPS) is 29.4. The maximum absolute atomic E-state index is 12.9. The maximum atomic E-state index is 12.9. The van der Waals surface area contributed by atoms with Crippen molar-refractivity contribution in [3.05, 3.63) is 24.3 Å². The summed E-state index contributed by atoms with van der Waals surface area (Å²) in [5.74, 6) is 1.93. The van der Waals surface area contributed by atoms with Gasteiger partial charge in [-0.25, -0.2) is 0 Å². The number of ether oxygens (including phenoxy) is 1. The molecule has 3 unspecified atom stereocenters. The van der Waals surface area contributed by atoms with E-state index in [1.165, 1.54) is 31.4 Å². The van der Waals surface area contributed by atoms with Crippen LogP contribution in [0.2, 0.25) is 0 Å². The van der Waals surface area contributed by atoms with Crippen LogP contribution in [-0.2, 0) is 4.79 Å². The maximum Gasteiger partial charge on any atom is 0.239 e. The van der Waals surface area contributed by atoms with Gasteiger partial charge in [-0.05, 0) is 37.3 Å². The molecule has 1 aromatic carbocycles. The molecule has 5 heteroatoms. The third kappa shape index (κ3) is 3.47. The van der Waals surface area contributed by atoms with Crippen LogP contribution in [0.25, 0.3) is 0 Å². The molecule has 136 valence electrons. The standard InChI is InChI=1S/C20H29N3O2/c1-25-17-7-4-6-16(14-17)22-9-11-23(12-10-22)20(24)19-13-15-5-2-3-8-18(15)21-19/h4,6-7,14-15,18-19,21H,2-3,5,8-13H2,1H3. The van der Waals surface area contributed by atoms with Crippen molar-refractivity contribution in [3.63, 3.8) is 0 Å². The summed E-state index contributed by atoms with van der Waals surface area (Å²) in [6.45, 7) is 3.39. The van der Waals surface area contributed by atoms with Crippen LogP contribution in [0.1, 0.15) is 32.1 Å². The molecule has 1 aliphatic carbocycles. The smallest absolute Gasteiger partial charge is 0.239 e. The Kier molecular flexibility index (Phi) is 4.84. The molecule has 3 aliphatic rings. The average Bonchev–Trinajstić information content (AvgIpc) is 3.12. The van der Waals surface area contributed by atoms with Gasteiger partial charge in [0.15, 0.2) is 0 Å². The van der Waals surface area contributed by atoms with Crippen LogP contribution in [0.3, 0.4) is 0 Å². The quantitative estimate of drug-likeness (QED) is 0.914. The summed E-state index contributed by atoms with van der Waals surface area (Å²) < 4.78 is 5.32. The van der Waals surface area contributed by atoms with Crippen molar-refractivity contribution in [2.24, 2.45) is 5.92 Å².